The highest BCUT2D eigenvalue weighted by Crippen LogP contribution is 2.26. The summed E-state index contributed by atoms with van der Waals surface area (Å²) in [6.45, 7) is 1.81. The third-order valence-corrected chi connectivity index (χ3v) is 5.54. The number of thioether (sulfide) groups is 1. The van der Waals surface area contributed by atoms with Gasteiger partial charge in [-0.05, 0) is 50.6 Å². The molecule has 5 nitrogen and oxygen atoms in total. The molecule has 8 heteroatoms. The minimum Gasteiger partial charge on any atom is -0.325 e. The molecule has 2 amide bonds. The molecule has 144 valence electrons. The normalized spacial score (nSPS) is 11.9. The number of carbonyl (C=O) groups is 2. The average molecular weight is 426 g/mol. The van der Waals surface area contributed by atoms with E-state index in [9.17, 15) is 9.59 Å². The van der Waals surface area contributed by atoms with Crippen molar-refractivity contribution in [2.45, 2.75) is 17.9 Å². The second kappa shape index (κ2) is 9.99. The zero-order chi connectivity index (χ0) is 20.0. The number of benzene rings is 2. The minimum absolute atomic E-state index is 0.0546. The van der Waals surface area contributed by atoms with Gasteiger partial charge in [0.1, 0.15) is 0 Å². The summed E-state index contributed by atoms with van der Waals surface area (Å²) in [5.41, 5.74) is 1.31. The van der Waals surface area contributed by atoms with E-state index in [4.69, 9.17) is 23.2 Å². The molecule has 0 fully saturated rings. The Hall–Kier alpha value is -1.73. The Morgan fingerprint density at radius 2 is 1.81 bits per heavy atom. The average Bonchev–Trinajstić information content (AvgIpc) is 2.64. The van der Waals surface area contributed by atoms with Gasteiger partial charge in [0.25, 0.3) is 0 Å². The van der Waals surface area contributed by atoms with Crippen LogP contribution in [0.2, 0.25) is 10.0 Å². The maximum Gasteiger partial charge on any atom is 0.241 e. The molecule has 0 aromatic heterocycles. The van der Waals surface area contributed by atoms with E-state index < -0.39 is 6.04 Å². The summed E-state index contributed by atoms with van der Waals surface area (Å²) < 4.78 is 0. The van der Waals surface area contributed by atoms with Crippen molar-refractivity contribution in [2.75, 3.05) is 30.5 Å². The molecule has 0 heterocycles. The van der Waals surface area contributed by atoms with Gasteiger partial charge in [0, 0.05) is 10.6 Å². The second-order valence-corrected chi connectivity index (χ2v) is 7.62. The molecule has 2 aromatic carbocycles. The highest BCUT2D eigenvalue weighted by atomic mass is 35.5. The van der Waals surface area contributed by atoms with E-state index in [0.717, 1.165) is 10.6 Å². The SMILES string of the molecule is CSc1ccccc1NC(=O)C(C)N(C)CC(=O)Nc1ccc(Cl)c(Cl)c1. The van der Waals surface area contributed by atoms with Gasteiger partial charge in [0.2, 0.25) is 11.8 Å². The van der Waals surface area contributed by atoms with E-state index in [2.05, 4.69) is 10.6 Å². The van der Waals surface area contributed by atoms with Crippen LogP contribution in [0.5, 0.6) is 0 Å². The van der Waals surface area contributed by atoms with Crippen LogP contribution in [0.3, 0.4) is 0 Å². The predicted molar refractivity (Wildman–Crippen MR) is 114 cm³/mol. The topological polar surface area (TPSA) is 61.4 Å². The highest BCUT2D eigenvalue weighted by molar-refractivity contribution is 7.98. The van der Waals surface area contributed by atoms with Gasteiger partial charge < -0.3 is 10.6 Å². The lowest BCUT2D eigenvalue weighted by Gasteiger charge is -2.23. The molecular weight excluding hydrogens is 405 g/mol. The first kappa shape index (κ1) is 21.6. The third-order valence-electron chi connectivity index (χ3n) is 4.00. The summed E-state index contributed by atoms with van der Waals surface area (Å²) >= 11 is 13.4. The predicted octanol–water partition coefficient (Wildman–Crippen LogP) is 4.61. The Morgan fingerprint density at radius 1 is 1.11 bits per heavy atom. The van der Waals surface area contributed by atoms with Gasteiger partial charge in [0.15, 0.2) is 0 Å². The van der Waals surface area contributed by atoms with E-state index in [-0.39, 0.29) is 18.4 Å². The number of anilines is 2. The smallest absolute Gasteiger partial charge is 0.241 e. The van der Waals surface area contributed by atoms with Crippen molar-refractivity contribution in [3.63, 3.8) is 0 Å². The molecule has 2 N–H and O–H groups in total. The standard InChI is InChI=1S/C19H21Cl2N3O2S/c1-12(19(26)23-16-6-4-5-7-17(16)27-3)24(2)11-18(25)22-13-8-9-14(20)15(21)10-13/h4-10,12H,11H2,1-3H3,(H,22,25)(H,23,26). The van der Waals surface area contributed by atoms with Gasteiger partial charge in [-0.2, -0.15) is 0 Å². The number of nitrogens with zero attached hydrogens (tertiary/aromatic N) is 1. The number of halogens is 2. The molecule has 0 saturated carbocycles. The molecule has 1 atom stereocenters. The fourth-order valence-corrected chi connectivity index (χ4v) is 3.17. The van der Waals surface area contributed by atoms with Crippen LogP contribution in [-0.4, -0.2) is 42.6 Å². The molecule has 0 aliphatic heterocycles. The van der Waals surface area contributed by atoms with Gasteiger partial charge in [-0.1, -0.05) is 35.3 Å². The zero-order valence-corrected chi connectivity index (χ0v) is 17.6. The fraction of sp³-hybridized carbons (Fsp3) is 0.263. The minimum atomic E-state index is -0.487. The quantitative estimate of drug-likeness (QED) is 0.635. The molecule has 0 radical (unpaired) electrons. The summed E-state index contributed by atoms with van der Waals surface area (Å²) in [5, 5.41) is 6.44. The van der Waals surface area contributed by atoms with Crippen molar-refractivity contribution in [3.05, 3.63) is 52.5 Å². The monoisotopic (exact) mass is 425 g/mol. The highest BCUT2D eigenvalue weighted by Gasteiger charge is 2.21. The third kappa shape index (κ3) is 6.14. The van der Waals surface area contributed by atoms with Crippen LogP contribution < -0.4 is 10.6 Å². The zero-order valence-electron chi connectivity index (χ0n) is 15.3. The Balaban J connectivity index is 1.93. The van der Waals surface area contributed by atoms with E-state index >= 15 is 0 Å². The van der Waals surface area contributed by atoms with Crippen molar-refractivity contribution in [3.8, 4) is 0 Å². The van der Waals surface area contributed by atoms with Gasteiger partial charge >= 0.3 is 0 Å². The number of likely N-dealkylation sites (N-methyl/N-ethyl adjacent to an activating group) is 1. The lowest BCUT2D eigenvalue weighted by atomic mass is 10.2. The van der Waals surface area contributed by atoms with E-state index in [1.807, 2.05) is 30.5 Å². The number of carbonyl (C=O) groups excluding carboxylic acids is 2. The molecule has 2 aromatic rings. The van der Waals surface area contributed by atoms with Gasteiger partial charge in [-0.15, -0.1) is 11.8 Å². The van der Waals surface area contributed by atoms with Crippen LogP contribution in [0.15, 0.2) is 47.4 Å². The molecule has 0 spiro atoms. The van der Waals surface area contributed by atoms with Gasteiger partial charge in [-0.25, -0.2) is 0 Å². The molecule has 27 heavy (non-hydrogen) atoms. The van der Waals surface area contributed by atoms with Crippen LogP contribution in [0.1, 0.15) is 6.92 Å². The van der Waals surface area contributed by atoms with E-state index in [1.165, 1.54) is 0 Å². The number of rotatable bonds is 7. The number of para-hydroxylation sites is 1. The Bertz CT molecular complexity index is 832. The molecule has 0 aliphatic carbocycles. The first-order valence-corrected chi connectivity index (χ1v) is 10.2. The summed E-state index contributed by atoms with van der Waals surface area (Å²) in [6.07, 6.45) is 1.95. The van der Waals surface area contributed by atoms with Gasteiger partial charge in [-0.3, -0.25) is 14.5 Å². The number of amides is 2. The van der Waals surface area contributed by atoms with Crippen LogP contribution in [0, 0.1) is 0 Å². The summed E-state index contributed by atoms with van der Waals surface area (Å²) in [4.78, 5) is 27.4. The van der Waals surface area contributed by atoms with Crippen molar-refractivity contribution in [1.82, 2.24) is 4.90 Å². The molecule has 0 aliphatic rings. The summed E-state index contributed by atoms with van der Waals surface area (Å²) in [7, 11) is 1.72. The molecular formula is C19H21Cl2N3O2S. The molecule has 0 saturated heterocycles. The Labute approximate surface area is 173 Å². The fourth-order valence-electron chi connectivity index (χ4n) is 2.32. The van der Waals surface area contributed by atoms with E-state index in [1.54, 1.807) is 48.8 Å². The van der Waals surface area contributed by atoms with Crippen molar-refractivity contribution in [2.24, 2.45) is 0 Å². The van der Waals surface area contributed by atoms with Gasteiger partial charge in [0.05, 0.1) is 28.3 Å². The van der Waals surface area contributed by atoms with Crippen LogP contribution in [0.4, 0.5) is 11.4 Å². The van der Waals surface area contributed by atoms with Crippen LogP contribution in [0.25, 0.3) is 0 Å². The molecule has 1 unspecified atom stereocenters. The first-order valence-electron chi connectivity index (χ1n) is 8.21. The van der Waals surface area contributed by atoms with Crippen molar-refractivity contribution >= 4 is 58.2 Å². The summed E-state index contributed by atoms with van der Waals surface area (Å²) in [6, 6.07) is 12.0. The van der Waals surface area contributed by atoms with Crippen LogP contribution >= 0.6 is 35.0 Å². The van der Waals surface area contributed by atoms with Crippen molar-refractivity contribution < 1.29 is 9.59 Å². The maximum absolute atomic E-state index is 12.5. The molecule has 2 rings (SSSR count). The maximum atomic E-state index is 12.5. The number of hydrogen-bond donors (Lipinski definition) is 2. The molecule has 0 bridgehead atoms. The number of nitrogens with one attached hydrogen (secondary N) is 2. The van der Waals surface area contributed by atoms with E-state index in [0.29, 0.717) is 15.7 Å². The van der Waals surface area contributed by atoms with Crippen molar-refractivity contribution in [1.29, 1.82) is 0 Å². The second-order valence-electron chi connectivity index (χ2n) is 5.96. The first-order chi connectivity index (χ1) is 12.8. The Morgan fingerprint density at radius 3 is 2.48 bits per heavy atom. The Kier molecular flexibility index (Phi) is 7.98. The lowest BCUT2D eigenvalue weighted by Crippen LogP contribution is -2.43. The number of hydrogen-bond acceptors (Lipinski definition) is 4. The van der Waals surface area contributed by atoms with Crippen LogP contribution in [-0.2, 0) is 9.59 Å². The summed E-state index contributed by atoms with van der Waals surface area (Å²) in [5.74, 6) is -0.429. The lowest BCUT2D eigenvalue weighted by molar-refractivity contribution is -0.122. The largest absolute Gasteiger partial charge is 0.325 e.